The van der Waals surface area contributed by atoms with Crippen molar-refractivity contribution in [1.29, 1.82) is 0 Å². The molecule has 0 amide bonds. The highest BCUT2D eigenvalue weighted by molar-refractivity contribution is 6.03. The van der Waals surface area contributed by atoms with Crippen LogP contribution in [0.1, 0.15) is 11.1 Å². The third kappa shape index (κ3) is 2.83. The van der Waals surface area contributed by atoms with Crippen LogP contribution in [0.2, 0.25) is 0 Å². The zero-order valence-corrected chi connectivity index (χ0v) is 14.4. The van der Waals surface area contributed by atoms with Crippen LogP contribution in [0.25, 0.3) is 11.1 Å². The number of hydrogen-bond donors (Lipinski definition) is 2. The van der Waals surface area contributed by atoms with Gasteiger partial charge < -0.3 is 20.0 Å². The van der Waals surface area contributed by atoms with Gasteiger partial charge in [-0.15, -0.1) is 0 Å². The molecule has 0 atom stereocenters. The van der Waals surface area contributed by atoms with Crippen LogP contribution < -0.4 is 9.80 Å². The molecule has 4 nitrogen and oxygen atoms in total. The molecule has 0 bridgehead atoms. The third-order valence-electron chi connectivity index (χ3n) is 4.24. The molecule has 0 saturated heterocycles. The van der Waals surface area contributed by atoms with Crippen LogP contribution in [0.5, 0.6) is 11.5 Å². The first-order valence-corrected chi connectivity index (χ1v) is 7.81. The number of anilines is 2. The molecule has 2 aromatic carbocycles. The van der Waals surface area contributed by atoms with E-state index in [-0.39, 0.29) is 11.5 Å². The maximum Gasteiger partial charge on any atom is 0.125 e. The Morgan fingerprint density at radius 3 is 1.29 bits per heavy atom. The van der Waals surface area contributed by atoms with Crippen LogP contribution in [0.15, 0.2) is 48.6 Å². The molecule has 0 heterocycles. The molecule has 0 spiro atoms. The Morgan fingerprint density at radius 1 is 0.625 bits per heavy atom. The minimum atomic E-state index is 0.259. The van der Waals surface area contributed by atoms with Gasteiger partial charge in [0.25, 0.3) is 0 Å². The second-order valence-corrected chi connectivity index (χ2v) is 6.39. The van der Waals surface area contributed by atoms with Crippen LogP contribution in [-0.4, -0.2) is 38.4 Å². The number of aromatic hydroxyl groups is 2. The highest BCUT2D eigenvalue weighted by Gasteiger charge is 2.18. The van der Waals surface area contributed by atoms with E-state index in [9.17, 15) is 10.2 Å². The molecule has 0 aliphatic heterocycles. The largest absolute Gasteiger partial charge is 0.507 e. The molecule has 0 saturated carbocycles. The predicted molar refractivity (Wildman–Crippen MR) is 101 cm³/mol. The Morgan fingerprint density at radius 2 is 1.00 bits per heavy atom. The second-order valence-electron chi connectivity index (χ2n) is 6.39. The SMILES string of the molecule is CN(C)c1ccc(C2=CC(c3ccc(N(C)C)cc3O)=C2)c(O)c1. The number of phenolic OH excluding ortho intramolecular Hbond substituents is 2. The summed E-state index contributed by atoms with van der Waals surface area (Å²) in [6, 6.07) is 11.3. The molecule has 0 aromatic heterocycles. The molecular weight excluding hydrogens is 300 g/mol. The summed E-state index contributed by atoms with van der Waals surface area (Å²) in [6.07, 6.45) is 3.96. The van der Waals surface area contributed by atoms with Gasteiger partial charge in [-0.2, -0.15) is 0 Å². The standard InChI is InChI=1S/C20H22N2O2/c1-21(2)15-5-7-17(19(23)11-15)13-9-14(10-13)18-8-6-16(22(3)4)12-20(18)24/h5-12,23-24H,1-4H3. The lowest BCUT2D eigenvalue weighted by molar-refractivity contribution is 0.473. The predicted octanol–water partition coefficient (Wildman–Crippen LogP) is 3.71. The summed E-state index contributed by atoms with van der Waals surface area (Å²) in [4.78, 5) is 3.90. The van der Waals surface area contributed by atoms with Gasteiger partial charge >= 0.3 is 0 Å². The van der Waals surface area contributed by atoms with E-state index in [0.717, 1.165) is 33.6 Å². The lowest BCUT2D eigenvalue weighted by Crippen LogP contribution is -2.08. The Kier molecular flexibility index (Phi) is 3.97. The Balaban J connectivity index is 1.83. The lowest BCUT2D eigenvalue weighted by Gasteiger charge is -2.20. The fourth-order valence-corrected chi connectivity index (χ4v) is 2.72. The molecular formula is C20H22N2O2. The van der Waals surface area contributed by atoms with E-state index in [1.54, 1.807) is 12.1 Å². The van der Waals surface area contributed by atoms with Crippen molar-refractivity contribution in [1.82, 2.24) is 0 Å². The summed E-state index contributed by atoms with van der Waals surface area (Å²) >= 11 is 0. The molecule has 0 radical (unpaired) electrons. The van der Waals surface area contributed by atoms with Gasteiger partial charge in [-0.25, -0.2) is 0 Å². The quantitative estimate of drug-likeness (QED) is 0.901. The number of nitrogens with zero attached hydrogens (tertiary/aromatic N) is 2. The monoisotopic (exact) mass is 322 g/mol. The lowest BCUT2D eigenvalue weighted by atomic mass is 9.88. The molecule has 2 aromatic rings. The second kappa shape index (κ2) is 5.96. The van der Waals surface area contributed by atoms with Crippen molar-refractivity contribution in [2.75, 3.05) is 38.0 Å². The number of phenols is 2. The van der Waals surface area contributed by atoms with Crippen LogP contribution >= 0.6 is 0 Å². The number of benzene rings is 2. The van der Waals surface area contributed by atoms with E-state index >= 15 is 0 Å². The van der Waals surface area contributed by atoms with Crippen molar-refractivity contribution in [3.05, 3.63) is 59.7 Å². The summed E-state index contributed by atoms with van der Waals surface area (Å²) in [5.41, 5.74) is 5.44. The maximum absolute atomic E-state index is 10.2. The fourth-order valence-electron chi connectivity index (χ4n) is 2.72. The van der Waals surface area contributed by atoms with E-state index in [0.29, 0.717) is 0 Å². The first-order valence-electron chi connectivity index (χ1n) is 7.81. The van der Waals surface area contributed by atoms with Crippen LogP contribution in [0.3, 0.4) is 0 Å². The Bertz CT molecular complexity index is 772. The zero-order chi connectivity index (χ0) is 17.4. The highest BCUT2D eigenvalue weighted by Crippen LogP contribution is 2.41. The van der Waals surface area contributed by atoms with Gasteiger partial charge in [0.1, 0.15) is 11.5 Å². The molecule has 4 heteroatoms. The van der Waals surface area contributed by atoms with Crippen molar-refractivity contribution in [2.45, 2.75) is 0 Å². The minimum absolute atomic E-state index is 0.259. The molecule has 3 rings (SSSR count). The zero-order valence-electron chi connectivity index (χ0n) is 14.4. The summed E-state index contributed by atoms with van der Waals surface area (Å²) in [6.45, 7) is 0. The van der Waals surface area contributed by atoms with E-state index in [1.807, 2.05) is 74.4 Å². The summed E-state index contributed by atoms with van der Waals surface area (Å²) in [5, 5.41) is 20.5. The summed E-state index contributed by atoms with van der Waals surface area (Å²) in [5.74, 6) is 0.518. The Hall–Kier alpha value is -2.88. The van der Waals surface area contributed by atoms with Crippen molar-refractivity contribution >= 4 is 22.5 Å². The van der Waals surface area contributed by atoms with Gasteiger partial charge in [0.2, 0.25) is 0 Å². The fraction of sp³-hybridized carbons (Fsp3) is 0.200. The van der Waals surface area contributed by atoms with E-state index in [4.69, 9.17) is 0 Å². The van der Waals surface area contributed by atoms with Crippen LogP contribution in [0, 0.1) is 0 Å². The molecule has 24 heavy (non-hydrogen) atoms. The van der Waals surface area contributed by atoms with Crippen molar-refractivity contribution in [3.8, 4) is 11.5 Å². The van der Waals surface area contributed by atoms with Crippen LogP contribution in [-0.2, 0) is 0 Å². The molecule has 2 N–H and O–H groups in total. The molecule has 1 aliphatic rings. The van der Waals surface area contributed by atoms with E-state index < -0.39 is 0 Å². The first-order chi connectivity index (χ1) is 11.4. The topological polar surface area (TPSA) is 46.9 Å². The summed E-state index contributed by atoms with van der Waals surface area (Å²) in [7, 11) is 7.76. The molecule has 1 aliphatic carbocycles. The number of hydrogen-bond acceptors (Lipinski definition) is 4. The van der Waals surface area contributed by atoms with Crippen molar-refractivity contribution < 1.29 is 10.2 Å². The minimum Gasteiger partial charge on any atom is -0.507 e. The number of allylic oxidation sites excluding steroid dienone is 4. The van der Waals surface area contributed by atoms with Gasteiger partial charge in [-0.05, 0) is 47.6 Å². The average Bonchev–Trinajstić information content (AvgIpc) is 2.48. The van der Waals surface area contributed by atoms with Crippen LogP contribution in [0.4, 0.5) is 11.4 Å². The van der Waals surface area contributed by atoms with E-state index in [1.165, 1.54) is 0 Å². The molecule has 0 unspecified atom stereocenters. The summed E-state index contributed by atoms with van der Waals surface area (Å²) < 4.78 is 0. The Labute approximate surface area is 142 Å². The molecule has 124 valence electrons. The van der Waals surface area contributed by atoms with Crippen molar-refractivity contribution in [2.24, 2.45) is 0 Å². The van der Waals surface area contributed by atoms with E-state index in [2.05, 4.69) is 0 Å². The van der Waals surface area contributed by atoms with Gasteiger partial charge in [-0.3, -0.25) is 0 Å². The first kappa shape index (κ1) is 16.0. The van der Waals surface area contributed by atoms with Gasteiger partial charge in [0.05, 0.1) is 0 Å². The smallest absolute Gasteiger partial charge is 0.125 e. The van der Waals surface area contributed by atoms with Gasteiger partial charge in [0, 0.05) is 62.8 Å². The normalized spacial score (nSPS) is 13.0. The average molecular weight is 322 g/mol. The highest BCUT2D eigenvalue weighted by atomic mass is 16.3. The van der Waals surface area contributed by atoms with Gasteiger partial charge in [-0.1, -0.05) is 0 Å². The van der Waals surface area contributed by atoms with Crippen molar-refractivity contribution in [3.63, 3.8) is 0 Å². The molecule has 0 fully saturated rings. The van der Waals surface area contributed by atoms with Gasteiger partial charge in [0.15, 0.2) is 0 Å². The number of rotatable bonds is 4. The maximum atomic E-state index is 10.2. The third-order valence-corrected chi connectivity index (χ3v) is 4.24.